The average Bonchev–Trinajstić information content (AvgIpc) is 2.91. The Morgan fingerprint density at radius 2 is 2.37 bits per heavy atom. The van der Waals surface area contributed by atoms with Crippen molar-refractivity contribution < 1.29 is 9.53 Å². The van der Waals surface area contributed by atoms with Gasteiger partial charge in [-0.3, -0.25) is 9.48 Å². The van der Waals surface area contributed by atoms with Crippen molar-refractivity contribution in [2.75, 3.05) is 13.7 Å². The Morgan fingerprint density at radius 1 is 1.53 bits per heavy atom. The minimum Gasteiger partial charge on any atom is -0.496 e. The van der Waals surface area contributed by atoms with Crippen LogP contribution in [0.2, 0.25) is 0 Å². The molecule has 0 unspecified atom stereocenters. The molecule has 0 spiro atoms. The Bertz CT molecular complexity index is 555. The molecule has 1 heterocycles. The third-order valence-corrected chi connectivity index (χ3v) is 3.22. The van der Waals surface area contributed by atoms with Crippen molar-refractivity contribution >= 4 is 21.8 Å². The molecule has 100 valence electrons. The van der Waals surface area contributed by atoms with E-state index in [2.05, 4.69) is 26.3 Å². The highest BCUT2D eigenvalue weighted by Gasteiger charge is 2.08. The number of nitrogens with zero attached hydrogens (tertiary/aromatic N) is 2. The summed E-state index contributed by atoms with van der Waals surface area (Å²) in [5.41, 5.74) is 0.591. The van der Waals surface area contributed by atoms with Crippen molar-refractivity contribution in [2.24, 2.45) is 0 Å². The number of carbonyl (C=O) groups excluding carboxylic acids is 1. The highest BCUT2D eigenvalue weighted by atomic mass is 79.9. The maximum absolute atomic E-state index is 11.9. The fourth-order valence-electron chi connectivity index (χ4n) is 1.63. The molecule has 0 radical (unpaired) electrons. The summed E-state index contributed by atoms with van der Waals surface area (Å²) in [6.07, 6.45) is 3.57. The topological polar surface area (TPSA) is 56.1 Å². The van der Waals surface area contributed by atoms with Gasteiger partial charge in [0.05, 0.1) is 18.1 Å². The van der Waals surface area contributed by atoms with Gasteiger partial charge in [-0.2, -0.15) is 5.10 Å². The maximum atomic E-state index is 11.9. The van der Waals surface area contributed by atoms with Gasteiger partial charge in [-0.15, -0.1) is 0 Å². The Kier molecular flexibility index (Phi) is 4.57. The quantitative estimate of drug-likeness (QED) is 0.916. The Balaban J connectivity index is 1.91. The van der Waals surface area contributed by atoms with E-state index in [1.807, 2.05) is 12.3 Å². The lowest BCUT2D eigenvalue weighted by molar-refractivity contribution is 0.0952. The van der Waals surface area contributed by atoms with Gasteiger partial charge in [-0.1, -0.05) is 0 Å². The molecular weight excluding hydrogens is 310 g/mol. The third-order valence-electron chi connectivity index (χ3n) is 2.60. The predicted molar refractivity (Wildman–Crippen MR) is 75.3 cm³/mol. The molecule has 19 heavy (non-hydrogen) atoms. The summed E-state index contributed by atoms with van der Waals surface area (Å²) in [6, 6.07) is 7.07. The monoisotopic (exact) mass is 323 g/mol. The van der Waals surface area contributed by atoms with Gasteiger partial charge >= 0.3 is 0 Å². The number of nitrogens with one attached hydrogen (secondary N) is 1. The van der Waals surface area contributed by atoms with Gasteiger partial charge in [-0.25, -0.2) is 0 Å². The van der Waals surface area contributed by atoms with E-state index in [0.717, 1.165) is 4.47 Å². The van der Waals surface area contributed by atoms with Crippen LogP contribution < -0.4 is 10.1 Å². The van der Waals surface area contributed by atoms with E-state index in [-0.39, 0.29) is 5.91 Å². The molecule has 2 aromatic rings. The maximum Gasteiger partial charge on any atom is 0.251 e. The molecule has 0 atom stereocenters. The molecule has 0 aliphatic carbocycles. The van der Waals surface area contributed by atoms with Crippen LogP contribution in [0.4, 0.5) is 0 Å². The lowest BCUT2D eigenvalue weighted by atomic mass is 10.2. The van der Waals surface area contributed by atoms with E-state index < -0.39 is 0 Å². The minimum atomic E-state index is -0.115. The first-order chi connectivity index (χ1) is 9.20. The van der Waals surface area contributed by atoms with Crippen molar-refractivity contribution in [3.63, 3.8) is 0 Å². The second-order valence-electron chi connectivity index (χ2n) is 3.87. The SMILES string of the molecule is COc1ccc(C(=O)NCCn2cccn2)cc1Br. The van der Waals surface area contributed by atoms with Gasteiger partial charge < -0.3 is 10.1 Å². The number of hydrogen-bond acceptors (Lipinski definition) is 3. The molecule has 0 aliphatic heterocycles. The average molecular weight is 324 g/mol. The van der Waals surface area contributed by atoms with Crippen molar-refractivity contribution in [1.82, 2.24) is 15.1 Å². The number of ether oxygens (including phenoxy) is 1. The zero-order valence-electron chi connectivity index (χ0n) is 10.5. The van der Waals surface area contributed by atoms with Crippen molar-refractivity contribution in [3.05, 3.63) is 46.7 Å². The number of benzene rings is 1. The van der Waals surface area contributed by atoms with Crippen LogP contribution in [0, 0.1) is 0 Å². The van der Waals surface area contributed by atoms with E-state index in [1.54, 1.807) is 36.2 Å². The first-order valence-corrected chi connectivity index (χ1v) is 6.59. The molecule has 2 rings (SSSR count). The van der Waals surface area contributed by atoms with Crippen molar-refractivity contribution in [3.8, 4) is 5.75 Å². The van der Waals surface area contributed by atoms with Gasteiger partial charge in [0.15, 0.2) is 0 Å². The number of rotatable bonds is 5. The summed E-state index contributed by atoms with van der Waals surface area (Å²) in [4.78, 5) is 11.9. The standard InChI is InChI=1S/C13H14BrN3O2/c1-19-12-4-3-10(9-11(12)14)13(18)15-6-8-17-7-2-5-16-17/h2-5,7,9H,6,8H2,1H3,(H,15,18). The first-order valence-electron chi connectivity index (χ1n) is 5.80. The van der Waals surface area contributed by atoms with Gasteiger partial charge in [0.1, 0.15) is 5.75 Å². The summed E-state index contributed by atoms with van der Waals surface area (Å²) in [5, 5.41) is 6.90. The Hall–Kier alpha value is -1.82. The lowest BCUT2D eigenvalue weighted by Gasteiger charge is -2.08. The van der Waals surface area contributed by atoms with Gasteiger partial charge in [0.2, 0.25) is 0 Å². The normalized spacial score (nSPS) is 10.2. The fourth-order valence-corrected chi connectivity index (χ4v) is 2.17. The van der Waals surface area contributed by atoms with Crippen LogP contribution in [0.1, 0.15) is 10.4 Å². The van der Waals surface area contributed by atoms with Crippen LogP contribution in [-0.4, -0.2) is 29.3 Å². The number of hydrogen-bond donors (Lipinski definition) is 1. The number of carbonyl (C=O) groups is 1. The molecule has 1 aromatic carbocycles. The Morgan fingerprint density at radius 3 is 3.00 bits per heavy atom. The predicted octanol–water partition coefficient (Wildman–Crippen LogP) is 2.08. The summed E-state index contributed by atoms with van der Waals surface area (Å²) in [6.45, 7) is 1.18. The second-order valence-corrected chi connectivity index (χ2v) is 4.73. The van der Waals surface area contributed by atoms with Gasteiger partial charge in [0, 0.05) is 24.5 Å². The third kappa shape index (κ3) is 3.57. The van der Waals surface area contributed by atoms with Crippen LogP contribution in [0.5, 0.6) is 5.75 Å². The Labute approximate surface area is 119 Å². The minimum absolute atomic E-state index is 0.115. The van der Waals surface area contributed by atoms with E-state index in [9.17, 15) is 4.79 Å². The smallest absolute Gasteiger partial charge is 0.251 e. The largest absolute Gasteiger partial charge is 0.496 e. The van der Waals surface area contributed by atoms with E-state index in [1.165, 1.54) is 0 Å². The summed E-state index contributed by atoms with van der Waals surface area (Å²) >= 11 is 3.36. The van der Waals surface area contributed by atoms with Crippen LogP contribution in [0.25, 0.3) is 0 Å². The molecule has 1 aromatic heterocycles. The molecule has 0 saturated carbocycles. The van der Waals surface area contributed by atoms with Crippen LogP contribution in [0.3, 0.4) is 0 Å². The molecule has 6 heteroatoms. The molecule has 0 fully saturated rings. The fraction of sp³-hybridized carbons (Fsp3) is 0.231. The highest BCUT2D eigenvalue weighted by molar-refractivity contribution is 9.10. The van der Waals surface area contributed by atoms with Crippen molar-refractivity contribution in [1.29, 1.82) is 0 Å². The number of amides is 1. The lowest BCUT2D eigenvalue weighted by Crippen LogP contribution is -2.27. The number of methoxy groups -OCH3 is 1. The molecular formula is C13H14BrN3O2. The van der Waals surface area contributed by atoms with E-state index in [4.69, 9.17) is 4.74 Å². The first kappa shape index (κ1) is 13.6. The number of halogens is 1. The van der Waals surface area contributed by atoms with Crippen molar-refractivity contribution in [2.45, 2.75) is 6.54 Å². The van der Waals surface area contributed by atoms with Crippen LogP contribution in [-0.2, 0) is 6.54 Å². The molecule has 0 bridgehead atoms. The zero-order chi connectivity index (χ0) is 13.7. The molecule has 1 amide bonds. The summed E-state index contributed by atoms with van der Waals surface area (Å²) in [7, 11) is 1.59. The summed E-state index contributed by atoms with van der Waals surface area (Å²) < 4.78 is 7.65. The zero-order valence-corrected chi connectivity index (χ0v) is 12.1. The van der Waals surface area contributed by atoms with Gasteiger partial charge in [0.25, 0.3) is 5.91 Å². The van der Waals surface area contributed by atoms with E-state index >= 15 is 0 Å². The summed E-state index contributed by atoms with van der Waals surface area (Å²) in [5.74, 6) is 0.587. The second kappa shape index (κ2) is 6.38. The van der Waals surface area contributed by atoms with Crippen LogP contribution in [0.15, 0.2) is 41.1 Å². The molecule has 5 nitrogen and oxygen atoms in total. The number of aromatic nitrogens is 2. The van der Waals surface area contributed by atoms with E-state index in [0.29, 0.717) is 24.4 Å². The molecule has 0 saturated heterocycles. The molecule has 0 aliphatic rings. The highest BCUT2D eigenvalue weighted by Crippen LogP contribution is 2.25. The molecule has 1 N–H and O–H groups in total. The van der Waals surface area contributed by atoms with Gasteiger partial charge in [-0.05, 0) is 40.2 Å². The van der Waals surface area contributed by atoms with Crippen LogP contribution >= 0.6 is 15.9 Å².